The predicted molar refractivity (Wildman–Crippen MR) is 147 cm³/mol. The van der Waals surface area contributed by atoms with Crippen molar-refractivity contribution in [2.24, 2.45) is 0 Å². The van der Waals surface area contributed by atoms with Crippen LogP contribution in [-0.2, 0) is 6.42 Å². The van der Waals surface area contributed by atoms with Gasteiger partial charge in [0.05, 0.1) is 0 Å². The van der Waals surface area contributed by atoms with Crippen LogP contribution in [0.3, 0.4) is 0 Å². The number of piperidine rings is 1. The number of amides is 2. The number of aryl methyl sites for hydroxylation is 2. The quantitative estimate of drug-likeness (QED) is 0.308. The molecule has 0 spiro atoms. The van der Waals surface area contributed by atoms with Crippen LogP contribution in [0.4, 0.5) is 5.69 Å². The number of benzene rings is 3. The molecule has 36 heavy (non-hydrogen) atoms. The van der Waals surface area contributed by atoms with Gasteiger partial charge in [0.25, 0.3) is 11.8 Å². The summed E-state index contributed by atoms with van der Waals surface area (Å²) in [6.07, 6.45) is 5.42. The summed E-state index contributed by atoms with van der Waals surface area (Å²) in [6.45, 7) is 5.04. The minimum absolute atomic E-state index is 0.102. The summed E-state index contributed by atoms with van der Waals surface area (Å²) >= 11 is 5.87. The van der Waals surface area contributed by atoms with E-state index in [1.165, 1.54) is 29.5 Å². The summed E-state index contributed by atoms with van der Waals surface area (Å²) < 4.78 is 0. The minimum Gasteiger partial charge on any atom is -0.352 e. The standard InChI is InChI=1S/C30H34ClN3O2/c1-21-5-6-26(22-15-18-32-19-16-22)20-25(21)4-2-3-17-33-29(35)23-9-13-28(14-10-23)34-30(36)24-7-11-27(31)12-8-24/h5-14,20,22,32H,2-4,15-19H2,1H3,(H,33,35)(H,34,36). The van der Waals surface area contributed by atoms with Crippen molar-refractivity contribution in [1.29, 1.82) is 0 Å². The highest BCUT2D eigenvalue weighted by Gasteiger charge is 2.16. The van der Waals surface area contributed by atoms with Crippen molar-refractivity contribution in [3.8, 4) is 0 Å². The molecule has 0 saturated carbocycles. The number of halogens is 1. The van der Waals surface area contributed by atoms with Crippen LogP contribution in [-0.4, -0.2) is 31.4 Å². The zero-order valence-corrected chi connectivity index (χ0v) is 21.5. The first-order valence-corrected chi connectivity index (χ1v) is 13.1. The smallest absolute Gasteiger partial charge is 0.255 e. The van der Waals surface area contributed by atoms with Crippen LogP contribution in [0.5, 0.6) is 0 Å². The molecule has 0 aliphatic carbocycles. The molecular weight excluding hydrogens is 470 g/mol. The molecule has 1 saturated heterocycles. The number of hydrogen-bond donors (Lipinski definition) is 3. The first kappa shape index (κ1) is 25.9. The Bertz CT molecular complexity index is 1170. The molecule has 0 bridgehead atoms. The van der Waals surface area contributed by atoms with Gasteiger partial charge in [-0.15, -0.1) is 0 Å². The highest BCUT2D eigenvalue weighted by molar-refractivity contribution is 6.30. The van der Waals surface area contributed by atoms with Crippen LogP contribution in [0.15, 0.2) is 66.7 Å². The SMILES string of the molecule is Cc1ccc(C2CCNCC2)cc1CCCCNC(=O)c1ccc(NC(=O)c2ccc(Cl)cc2)cc1. The summed E-state index contributed by atoms with van der Waals surface area (Å²) in [4.78, 5) is 24.9. The van der Waals surface area contributed by atoms with Gasteiger partial charge in [0, 0.05) is 28.4 Å². The number of anilines is 1. The summed E-state index contributed by atoms with van der Waals surface area (Å²) in [5.41, 5.74) is 5.97. The summed E-state index contributed by atoms with van der Waals surface area (Å²) in [7, 11) is 0. The highest BCUT2D eigenvalue weighted by atomic mass is 35.5. The van der Waals surface area contributed by atoms with E-state index in [0.717, 1.165) is 32.4 Å². The van der Waals surface area contributed by atoms with Crippen molar-refractivity contribution in [2.45, 2.75) is 44.9 Å². The average molecular weight is 504 g/mol. The molecule has 1 heterocycles. The third kappa shape index (κ3) is 7.19. The Kier molecular flexibility index (Phi) is 9.15. The van der Waals surface area contributed by atoms with Crippen LogP contribution in [0, 0.1) is 6.92 Å². The van der Waals surface area contributed by atoms with Crippen LogP contribution in [0.25, 0.3) is 0 Å². The zero-order valence-electron chi connectivity index (χ0n) is 20.8. The van der Waals surface area contributed by atoms with E-state index in [2.05, 4.69) is 41.1 Å². The molecule has 188 valence electrons. The zero-order chi connectivity index (χ0) is 25.3. The van der Waals surface area contributed by atoms with Gasteiger partial charge in [-0.1, -0.05) is 29.8 Å². The van der Waals surface area contributed by atoms with Crippen molar-refractivity contribution in [3.63, 3.8) is 0 Å². The summed E-state index contributed by atoms with van der Waals surface area (Å²) in [5.74, 6) is 0.345. The second-order valence-electron chi connectivity index (χ2n) is 9.46. The van der Waals surface area contributed by atoms with Crippen LogP contribution >= 0.6 is 11.6 Å². The lowest BCUT2D eigenvalue weighted by Crippen LogP contribution is -2.26. The van der Waals surface area contributed by atoms with Crippen LogP contribution in [0.1, 0.15) is 69.0 Å². The molecule has 0 atom stereocenters. The fourth-order valence-corrected chi connectivity index (χ4v) is 4.75. The molecule has 1 fully saturated rings. The maximum atomic E-state index is 12.5. The fraction of sp³-hybridized carbons (Fsp3) is 0.333. The van der Waals surface area contributed by atoms with Gasteiger partial charge in [0.2, 0.25) is 0 Å². The maximum Gasteiger partial charge on any atom is 0.255 e. The Morgan fingerprint density at radius 3 is 2.28 bits per heavy atom. The number of rotatable bonds is 9. The van der Waals surface area contributed by atoms with Crippen molar-refractivity contribution < 1.29 is 9.59 Å². The normalized spacial score (nSPS) is 13.8. The molecule has 0 unspecified atom stereocenters. The van der Waals surface area contributed by atoms with Crippen molar-refractivity contribution in [2.75, 3.05) is 25.0 Å². The third-order valence-electron chi connectivity index (χ3n) is 6.85. The average Bonchev–Trinajstić information content (AvgIpc) is 2.90. The molecule has 2 amide bonds. The second kappa shape index (κ2) is 12.7. The van der Waals surface area contributed by atoms with Crippen molar-refractivity contribution in [3.05, 3.63) is 99.6 Å². The third-order valence-corrected chi connectivity index (χ3v) is 7.11. The van der Waals surface area contributed by atoms with Gasteiger partial charge >= 0.3 is 0 Å². The van der Waals surface area contributed by atoms with Gasteiger partial charge in [-0.05, 0) is 123 Å². The molecule has 3 aromatic carbocycles. The predicted octanol–water partition coefficient (Wildman–Crippen LogP) is 6.12. The van der Waals surface area contributed by atoms with Gasteiger partial charge in [0.15, 0.2) is 0 Å². The molecule has 1 aliphatic heterocycles. The van der Waals surface area contributed by atoms with Crippen molar-refractivity contribution in [1.82, 2.24) is 10.6 Å². The number of nitrogens with one attached hydrogen (secondary N) is 3. The highest BCUT2D eigenvalue weighted by Crippen LogP contribution is 2.27. The van der Waals surface area contributed by atoms with Crippen LogP contribution < -0.4 is 16.0 Å². The molecule has 3 N–H and O–H groups in total. The van der Waals surface area contributed by atoms with Gasteiger partial charge in [-0.2, -0.15) is 0 Å². The Hall–Kier alpha value is -3.15. The number of carbonyl (C=O) groups is 2. The first-order chi connectivity index (χ1) is 17.5. The molecule has 5 nitrogen and oxygen atoms in total. The Morgan fingerprint density at radius 1 is 0.889 bits per heavy atom. The lowest BCUT2D eigenvalue weighted by Gasteiger charge is -2.24. The molecule has 6 heteroatoms. The largest absolute Gasteiger partial charge is 0.352 e. The van der Waals surface area contributed by atoms with E-state index in [9.17, 15) is 9.59 Å². The van der Waals surface area contributed by atoms with Gasteiger partial charge in [-0.3, -0.25) is 9.59 Å². The van der Waals surface area contributed by atoms with E-state index >= 15 is 0 Å². The molecule has 1 aliphatic rings. The number of hydrogen-bond acceptors (Lipinski definition) is 3. The second-order valence-corrected chi connectivity index (χ2v) is 9.90. The van der Waals surface area contributed by atoms with Crippen molar-refractivity contribution >= 4 is 29.1 Å². The molecule has 0 aromatic heterocycles. The lowest BCUT2D eigenvalue weighted by atomic mass is 9.87. The number of unbranched alkanes of at least 4 members (excludes halogenated alkanes) is 1. The monoisotopic (exact) mass is 503 g/mol. The molecule has 4 rings (SSSR count). The summed E-state index contributed by atoms with van der Waals surface area (Å²) in [5, 5.41) is 9.87. The van der Waals surface area contributed by atoms with Gasteiger partial charge in [-0.25, -0.2) is 0 Å². The molecular formula is C30H34ClN3O2. The molecule has 0 radical (unpaired) electrons. The Balaban J connectivity index is 1.20. The fourth-order valence-electron chi connectivity index (χ4n) is 4.62. The van der Waals surface area contributed by atoms with Crippen LogP contribution in [0.2, 0.25) is 5.02 Å². The van der Waals surface area contributed by atoms with E-state index in [0.29, 0.717) is 34.3 Å². The van der Waals surface area contributed by atoms with Gasteiger partial charge < -0.3 is 16.0 Å². The summed E-state index contributed by atoms with van der Waals surface area (Å²) in [6, 6.07) is 20.6. The molecule has 3 aromatic rings. The van der Waals surface area contributed by atoms with E-state index < -0.39 is 0 Å². The minimum atomic E-state index is -0.222. The van der Waals surface area contributed by atoms with Gasteiger partial charge in [0.1, 0.15) is 0 Å². The first-order valence-electron chi connectivity index (χ1n) is 12.7. The Labute approximate surface area is 218 Å². The lowest BCUT2D eigenvalue weighted by molar-refractivity contribution is 0.0952. The maximum absolute atomic E-state index is 12.5. The Morgan fingerprint density at radius 2 is 1.56 bits per heavy atom. The van der Waals surface area contributed by atoms with E-state index in [-0.39, 0.29) is 11.8 Å². The van der Waals surface area contributed by atoms with E-state index in [1.807, 2.05) is 0 Å². The van der Waals surface area contributed by atoms with E-state index in [4.69, 9.17) is 11.6 Å². The topological polar surface area (TPSA) is 70.2 Å². The number of carbonyl (C=O) groups excluding carboxylic acids is 2. The van der Waals surface area contributed by atoms with E-state index in [1.54, 1.807) is 48.5 Å².